The highest BCUT2D eigenvalue weighted by Crippen LogP contribution is 2.44. The minimum atomic E-state index is -5.26. The molecule has 0 saturated carbocycles. The van der Waals surface area contributed by atoms with E-state index in [2.05, 4.69) is 9.47 Å². The molecule has 0 aromatic heterocycles. The van der Waals surface area contributed by atoms with Gasteiger partial charge < -0.3 is 23.7 Å². The van der Waals surface area contributed by atoms with E-state index in [-0.39, 0.29) is 6.61 Å². The second-order valence-electron chi connectivity index (χ2n) is 8.27. The van der Waals surface area contributed by atoms with Gasteiger partial charge in [0.2, 0.25) is 0 Å². The zero-order valence-corrected chi connectivity index (χ0v) is 20.6. The van der Waals surface area contributed by atoms with Crippen molar-refractivity contribution in [2.75, 3.05) is 27.4 Å². The molecule has 0 radical (unpaired) electrons. The third-order valence-electron chi connectivity index (χ3n) is 6.07. The number of esters is 2. The van der Waals surface area contributed by atoms with Gasteiger partial charge in [0.05, 0.1) is 6.61 Å². The van der Waals surface area contributed by atoms with Gasteiger partial charge in [0.15, 0.2) is 0 Å². The zero-order valence-electron chi connectivity index (χ0n) is 20.6. The summed E-state index contributed by atoms with van der Waals surface area (Å²) in [7, 11) is 1.36. The molecule has 0 saturated heterocycles. The Labute approximate surface area is 219 Å². The summed E-state index contributed by atoms with van der Waals surface area (Å²) in [5, 5.41) is 0. The summed E-state index contributed by atoms with van der Waals surface area (Å²) in [6, 6.07) is 12.0. The molecule has 0 N–H and O–H groups in total. The molecule has 3 rings (SSSR count). The Morgan fingerprint density at radius 3 is 1.69 bits per heavy atom. The second-order valence-corrected chi connectivity index (χ2v) is 8.27. The number of carbonyl (C=O) groups excluding carboxylic acids is 2. The van der Waals surface area contributed by atoms with Crippen LogP contribution in [-0.2, 0) is 44.5 Å². The normalized spacial score (nSPS) is 20.9. The Bertz CT molecular complexity index is 1150. The smallest absolute Gasteiger partial charge is 0.432 e. The van der Waals surface area contributed by atoms with Crippen molar-refractivity contribution in [1.82, 2.24) is 0 Å². The fraction of sp³-hybridized carbons (Fsp3) is 0.385. The predicted molar refractivity (Wildman–Crippen MR) is 122 cm³/mol. The predicted octanol–water partition coefficient (Wildman–Crippen LogP) is 4.60. The molecule has 1 heterocycles. The fourth-order valence-corrected chi connectivity index (χ4v) is 4.09. The van der Waals surface area contributed by atoms with Crippen LogP contribution in [0, 0.1) is 0 Å². The quantitative estimate of drug-likeness (QED) is 0.251. The van der Waals surface area contributed by atoms with Gasteiger partial charge in [-0.05, 0) is 6.08 Å². The summed E-state index contributed by atoms with van der Waals surface area (Å²) >= 11 is 0. The molecule has 0 spiro atoms. The van der Waals surface area contributed by atoms with Crippen molar-refractivity contribution in [2.45, 2.75) is 35.8 Å². The summed E-state index contributed by atoms with van der Waals surface area (Å²) in [6.07, 6.45) is -11.0. The van der Waals surface area contributed by atoms with Crippen LogP contribution in [0.5, 0.6) is 0 Å². The first kappa shape index (κ1) is 30.1. The Kier molecular flexibility index (Phi) is 9.08. The van der Waals surface area contributed by atoms with Crippen molar-refractivity contribution >= 4 is 11.9 Å². The number of benzene rings is 2. The van der Waals surface area contributed by atoms with E-state index in [0.717, 1.165) is 24.3 Å². The number of methoxy groups -OCH3 is 2. The van der Waals surface area contributed by atoms with E-state index in [1.54, 1.807) is 0 Å². The molecular weight excluding hydrogens is 538 g/mol. The van der Waals surface area contributed by atoms with Gasteiger partial charge in [-0.25, -0.2) is 9.59 Å². The zero-order chi connectivity index (χ0) is 28.9. The van der Waals surface area contributed by atoms with E-state index in [1.807, 2.05) is 0 Å². The number of alkyl halides is 6. The van der Waals surface area contributed by atoms with Crippen molar-refractivity contribution in [3.8, 4) is 0 Å². The molecule has 0 bridgehead atoms. The van der Waals surface area contributed by atoms with Gasteiger partial charge in [0.25, 0.3) is 11.2 Å². The molecule has 0 unspecified atom stereocenters. The van der Waals surface area contributed by atoms with Crippen LogP contribution < -0.4 is 0 Å². The van der Waals surface area contributed by atoms with Crippen LogP contribution in [0.15, 0.2) is 72.8 Å². The minimum Gasteiger partial charge on any atom is -0.460 e. The Morgan fingerprint density at radius 1 is 0.795 bits per heavy atom. The lowest BCUT2D eigenvalue weighted by Crippen LogP contribution is -2.54. The van der Waals surface area contributed by atoms with Crippen molar-refractivity contribution in [2.24, 2.45) is 0 Å². The summed E-state index contributed by atoms with van der Waals surface area (Å²) < 4.78 is 110. The first-order valence-corrected chi connectivity index (χ1v) is 11.4. The largest absolute Gasteiger partial charge is 0.460 e. The summed E-state index contributed by atoms with van der Waals surface area (Å²) in [5.41, 5.74) is -8.14. The first-order valence-electron chi connectivity index (χ1n) is 11.4. The molecule has 0 aliphatic carbocycles. The highest BCUT2D eigenvalue weighted by Gasteiger charge is 2.65. The number of hydrogen-bond acceptors (Lipinski definition) is 7. The third-order valence-corrected chi connectivity index (χ3v) is 6.07. The van der Waals surface area contributed by atoms with Crippen LogP contribution >= 0.6 is 0 Å². The maximum atomic E-state index is 14.2. The number of rotatable bonds is 9. The highest BCUT2D eigenvalue weighted by molar-refractivity contribution is 5.83. The lowest BCUT2D eigenvalue weighted by atomic mass is 9.92. The van der Waals surface area contributed by atoms with Crippen molar-refractivity contribution in [3.63, 3.8) is 0 Å². The summed E-state index contributed by atoms with van der Waals surface area (Å²) in [5.74, 6) is -3.70. The minimum absolute atomic E-state index is 0.142. The van der Waals surface area contributed by atoms with Gasteiger partial charge >= 0.3 is 24.3 Å². The maximum Gasteiger partial charge on any atom is 0.432 e. The van der Waals surface area contributed by atoms with Gasteiger partial charge in [-0.3, -0.25) is 0 Å². The average molecular weight is 562 g/mol. The summed E-state index contributed by atoms with van der Waals surface area (Å²) in [4.78, 5) is 25.8. The molecular formula is C26H24F6O7. The van der Waals surface area contributed by atoms with Gasteiger partial charge in [0.1, 0.15) is 18.8 Å². The molecule has 1 aliphatic rings. The van der Waals surface area contributed by atoms with E-state index in [4.69, 9.17) is 14.2 Å². The molecule has 0 amide bonds. The molecule has 13 heteroatoms. The van der Waals surface area contributed by atoms with E-state index >= 15 is 0 Å². The van der Waals surface area contributed by atoms with Crippen LogP contribution in [0.2, 0.25) is 0 Å². The molecule has 0 fully saturated rings. The number of halogens is 6. The van der Waals surface area contributed by atoms with E-state index < -0.39 is 65.4 Å². The van der Waals surface area contributed by atoms with Gasteiger partial charge in [-0.1, -0.05) is 66.7 Å². The highest BCUT2D eigenvalue weighted by atomic mass is 19.4. The molecule has 2 aromatic carbocycles. The Balaban J connectivity index is 1.85. The van der Waals surface area contributed by atoms with Crippen LogP contribution in [0.4, 0.5) is 26.3 Å². The monoisotopic (exact) mass is 562 g/mol. The lowest BCUT2D eigenvalue weighted by Gasteiger charge is -2.36. The van der Waals surface area contributed by atoms with Crippen molar-refractivity contribution in [1.29, 1.82) is 0 Å². The van der Waals surface area contributed by atoms with E-state index in [0.29, 0.717) is 14.2 Å². The second kappa shape index (κ2) is 11.8. The molecule has 1 aliphatic heterocycles. The molecule has 4 atom stereocenters. The van der Waals surface area contributed by atoms with Gasteiger partial charge in [-0.2, -0.15) is 26.3 Å². The SMILES string of the molecule is CO[C@](C(=O)OC[C@H]1OCC=C[C@H]1OC(=O)[C@@](OC)(c1ccccc1)C(F)(F)F)(c1ccccc1)C(F)(F)F. The summed E-state index contributed by atoms with van der Waals surface area (Å²) in [6.45, 7) is -1.05. The maximum absolute atomic E-state index is 14.2. The third kappa shape index (κ3) is 5.65. The molecule has 7 nitrogen and oxygen atoms in total. The van der Waals surface area contributed by atoms with Crippen LogP contribution in [0.3, 0.4) is 0 Å². The van der Waals surface area contributed by atoms with Gasteiger partial charge in [0, 0.05) is 25.3 Å². The van der Waals surface area contributed by atoms with Crippen molar-refractivity contribution in [3.05, 3.63) is 83.9 Å². The fourth-order valence-electron chi connectivity index (χ4n) is 4.09. The van der Waals surface area contributed by atoms with Crippen LogP contribution in [-0.4, -0.2) is 63.9 Å². The Morgan fingerprint density at radius 2 is 1.26 bits per heavy atom. The van der Waals surface area contributed by atoms with Crippen LogP contribution in [0.1, 0.15) is 11.1 Å². The standard InChI is InChI=1S/C26H24F6O7/c1-35-23(25(27,28)29,17-10-5-3-6-11-17)21(33)38-16-20-19(14-9-15-37-20)39-22(34)24(36-2,26(30,31)32)18-12-7-4-8-13-18/h3-14,19-20H,15-16H2,1-2H3/t19-,20-,23+,24+/m1/s1. The molecule has 39 heavy (non-hydrogen) atoms. The number of ether oxygens (including phenoxy) is 5. The van der Waals surface area contributed by atoms with E-state index in [1.165, 1.54) is 48.6 Å². The van der Waals surface area contributed by atoms with E-state index in [9.17, 15) is 35.9 Å². The van der Waals surface area contributed by atoms with Crippen LogP contribution in [0.25, 0.3) is 0 Å². The lowest BCUT2D eigenvalue weighted by molar-refractivity contribution is -0.280. The van der Waals surface area contributed by atoms with Crippen molar-refractivity contribution < 1.29 is 59.6 Å². The first-order chi connectivity index (χ1) is 18.3. The molecule has 2 aromatic rings. The average Bonchev–Trinajstić information content (AvgIpc) is 2.89. The number of hydrogen-bond donors (Lipinski definition) is 0. The molecule has 212 valence electrons. The van der Waals surface area contributed by atoms with Gasteiger partial charge in [-0.15, -0.1) is 0 Å². The topological polar surface area (TPSA) is 80.3 Å². The Hall–Kier alpha value is -3.42. The number of carbonyl (C=O) groups is 2.